The van der Waals surface area contributed by atoms with Gasteiger partial charge in [-0.3, -0.25) is 4.79 Å². The van der Waals surface area contributed by atoms with Gasteiger partial charge in [-0.15, -0.1) is 5.46 Å². The van der Waals surface area contributed by atoms with Crippen LogP contribution in [-0.2, 0) is 9.31 Å². The van der Waals surface area contributed by atoms with Gasteiger partial charge in [0, 0.05) is 31.9 Å². The minimum Gasteiger partial charge on any atom is -0.563 e. The maximum atomic E-state index is 13.7. The van der Waals surface area contributed by atoms with Crippen LogP contribution >= 0.6 is 0 Å². The molecule has 0 N–H and O–H groups in total. The Morgan fingerprint density at radius 2 is 2.00 bits per heavy atom. The van der Waals surface area contributed by atoms with E-state index in [0.29, 0.717) is 31.4 Å². The van der Waals surface area contributed by atoms with Crippen LogP contribution in [0.25, 0.3) is 0 Å². The second kappa shape index (κ2) is 4.46. The van der Waals surface area contributed by atoms with E-state index in [9.17, 15) is 9.18 Å². The molecule has 0 radical (unpaired) electrons. The van der Waals surface area contributed by atoms with E-state index in [0.717, 1.165) is 13.1 Å². The van der Waals surface area contributed by atoms with Gasteiger partial charge in [0.25, 0.3) is 6.55 Å². The van der Waals surface area contributed by atoms with E-state index in [4.69, 9.17) is 9.31 Å². The fourth-order valence-electron chi connectivity index (χ4n) is 2.74. The lowest BCUT2D eigenvalue weighted by atomic mass is 9.49. The molecule has 0 unspecified atom stereocenters. The van der Waals surface area contributed by atoms with E-state index in [1.807, 2.05) is 0 Å². The first-order valence-electron chi connectivity index (χ1n) is 6.15. The highest BCUT2D eigenvalue weighted by Gasteiger charge is 2.37. The quantitative estimate of drug-likeness (QED) is 0.554. The summed E-state index contributed by atoms with van der Waals surface area (Å²) >= 11 is 0. The molecule has 2 aliphatic rings. The molecule has 2 heterocycles. The van der Waals surface area contributed by atoms with Crippen molar-refractivity contribution in [1.29, 1.82) is 0 Å². The Kier molecular flexibility index (Phi) is 2.93. The third-order valence-electron chi connectivity index (χ3n) is 3.75. The van der Waals surface area contributed by atoms with Crippen molar-refractivity contribution in [2.75, 3.05) is 32.7 Å². The number of carbonyl (C=O) groups is 1. The smallest absolute Gasteiger partial charge is 0.283 e. The summed E-state index contributed by atoms with van der Waals surface area (Å²) in [4.78, 5) is 12.9. The fourth-order valence-corrected chi connectivity index (χ4v) is 2.74. The van der Waals surface area contributed by atoms with Crippen molar-refractivity contribution in [3.63, 3.8) is 0 Å². The highest BCUT2D eigenvalue weighted by molar-refractivity contribution is 6.81. The molecule has 0 aromatic heterocycles. The van der Waals surface area contributed by atoms with Crippen LogP contribution < -0.4 is 5.46 Å². The van der Waals surface area contributed by atoms with Crippen LogP contribution in [0.3, 0.4) is 0 Å². The lowest BCUT2D eigenvalue weighted by Gasteiger charge is -2.53. The molecule has 6 heteroatoms. The average Bonchev–Trinajstić information content (AvgIpc) is 2.39. The predicted octanol–water partition coefficient (Wildman–Crippen LogP) is 0.189. The summed E-state index contributed by atoms with van der Waals surface area (Å²) in [5.74, 6) is -0.520. The molecule has 0 spiro atoms. The van der Waals surface area contributed by atoms with Crippen LogP contribution in [0.1, 0.15) is 10.4 Å². The maximum Gasteiger partial charge on any atom is 0.283 e. The molecular formula is C12H14BFNO3-. The monoisotopic (exact) mass is 250 g/mol. The van der Waals surface area contributed by atoms with Crippen LogP contribution in [0.5, 0.6) is 0 Å². The number of halogens is 1. The van der Waals surface area contributed by atoms with Crippen LogP contribution in [0, 0.1) is 5.82 Å². The fraction of sp³-hybridized carbons (Fsp3) is 0.417. The molecule has 2 fully saturated rings. The van der Waals surface area contributed by atoms with Gasteiger partial charge >= 0.3 is 0 Å². The summed E-state index contributed by atoms with van der Waals surface area (Å²) in [6, 6.07) is 4.56. The lowest BCUT2D eigenvalue weighted by molar-refractivity contribution is 0.0555. The molecular weight excluding hydrogens is 236 g/mol. The molecule has 0 amide bonds. The molecule has 0 aliphatic carbocycles. The molecule has 0 saturated carbocycles. The first kappa shape index (κ1) is 11.8. The van der Waals surface area contributed by atoms with E-state index in [-0.39, 0.29) is 5.56 Å². The summed E-state index contributed by atoms with van der Waals surface area (Å²) in [5.41, 5.74) is 0.761. The molecule has 4 nitrogen and oxygen atoms in total. The first-order chi connectivity index (χ1) is 8.73. The Balaban J connectivity index is 1.97. The van der Waals surface area contributed by atoms with Crippen molar-refractivity contribution in [2.24, 2.45) is 0 Å². The second-order valence-corrected chi connectivity index (χ2v) is 4.81. The number of carbonyl (C=O) groups excluding carboxylic acids is 1. The van der Waals surface area contributed by atoms with E-state index < -0.39 is 12.4 Å². The first-order valence-corrected chi connectivity index (χ1v) is 6.15. The molecule has 1 aromatic carbocycles. The van der Waals surface area contributed by atoms with Gasteiger partial charge in [-0.25, -0.2) is 4.39 Å². The van der Waals surface area contributed by atoms with Gasteiger partial charge in [0.05, 0.1) is 0 Å². The Labute approximate surface area is 105 Å². The minimum atomic E-state index is -1.61. The number of rotatable bonds is 2. The van der Waals surface area contributed by atoms with E-state index in [1.54, 1.807) is 6.07 Å². The van der Waals surface area contributed by atoms with E-state index in [1.165, 1.54) is 12.1 Å². The molecule has 96 valence electrons. The van der Waals surface area contributed by atoms with Crippen molar-refractivity contribution in [3.05, 3.63) is 29.6 Å². The SMILES string of the molecule is O=Cc1ccc([B-]23CN(CCO2)CCO3)cc1F. The number of fused-ring (bicyclic) bond motifs is 2. The summed E-state index contributed by atoms with van der Waals surface area (Å²) in [5, 5.41) is 0. The summed E-state index contributed by atoms with van der Waals surface area (Å²) in [6.45, 7) is 1.36. The Bertz CT molecular complexity index is 472. The lowest BCUT2D eigenvalue weighted by Crippen LogP contribution is -2.69. The summed E-state index contributed by atoms with van der Waals surface area (Å²) < 4.78 is 25.3. The van der Waals surface area contributed by atoms with Gasteiger partial charge in [-0.05, 0) is 0 Å². The molecule has 2 aliphatic heterocycles. The Morgan fingerprint density at radius 1 is 1.28 bits per heavy atom. The van der Waals surface area contributed by atoms with Crippen LogP contribution in [0.2, 0.25) is 0 Å². The highest BCUT2D eigenvalue weighted by Crippen LogP contribution is 2.20. The predicted molar refractivity (Wildman–Crippen MR) is 65.5 cm³/mol. The van der Waals surface area contributed by atoms with Crippen LogP contribution in [0.4, 0.5) is 4.39 Å². The zero-order chi connectivity index (χ0) is 12.6. The number of aldehydes is 1. The van der Waals surface area contributed by atoms with Crippen molar-refractivity contribution in [3.8, 4) is 0 Å². The van der Waals surface area contributed by atoms with Crippen molar-refractivity contribution >= 4 is 18.3 Å². The summed E-state index contributed by atoms with van der Waals surface area (Å²) in [6.07, 6.45) is 1.18. The van der Waals surface area contributed by atoms with Gasteiger partial charge in [0.2, 0.25) is 0 Å². The zero-order valence-corrected chi connectivity index (χ0v) is 9.97. The van der Waals surface area contributed by atoms with Crippen molar-refractivity contribution < 1.29 is 18.5 Å². The summed E-state index contributed by atoms with van der Waals surface area (Å²) in [7, 11) is 0. The van der Waals surface area contributed by atoms with Crippen LogP contribution in [-0.4, -0.2) is 50.5 Å². The molecule has 1 aromatic rings. The molecule has 2 bridgehead atoms. The normalized spacial score (nSPS) is 31.1. The molecule has 18 heavy (non-hydrogen) atoms. The van der Waals surface area contributed by atoms with Gasteiger partial charge in [0.1, 0.15) is 5.82 Å². The van der Waals surface area contributed by atoms with Gasteiger partial charge in [0.15, 0.2) is 6.29 Å². The van der Waals surface area contributed by atoms with Crippen molar-refractivity contribution in [1.82, 2.24) is 4.90 Å². The number of hydrogen-bond acceptors (Lipinski definition) is 4. The number of nitrogens with zero attached hydrogens (tertiary/aromatic N) is 1. The number of hydrogen-bond donors (Lipinski definition) is 0. The molecule has 3 rings (SSSR count). The third kappa shape index (κ3) is 1.86. The molecule has 0 atom stereocenters. The molecule has 2 saturated heterocycles. The van der Waals surface area contributed by atoms with E-state index >= 15 is 0 Å². The van der Waals surface area contributed by atoms with Gasteiger partial charge in [-0.1, -0.05) is 24.6 Å². The van der Waals surface area contributed by atoms with Crippen LogP contribution in [0.15, 0.2) is 18.2 Å². The second-order valence-electron chi connectivity index (χ2n) is 4.81. The highest BCUT2D eigenvalue weighted by atomic mass is 19.1. The largest absolute Gasteiger partial charge is 0.563 e. The zero-order valence-electron chi connectivity index (χ0n) is 9.97. The topological polar surface area (TPSA) is 38.8 Å². The number of benzene rings is 1. The Morgan fingerprint density at radius 3 is 2.61 bits per heavy atom. The van der Waals surface area contributed by atoms with Gasteiger partial charge in [-0.2, -0.15) is 0 Å². The minimum absolute atomic E-state index is 0.0643. The van der Waals surface area contributed by atoms with E-state index in [2.05, 4.69) is 4.90 Å². The third-order valence-corrected chi connectivity index (χ3v) is 3.75. The maximum absolute atomic E-state index is 13.7. The van der Waals surface area contributed by atoms with Gasteiger partial charge < -0.3 is 14.2 Å². The standard InChI is InChI=1S/C12H14BFNO3/c14-12-7-11(2-1-10(12)8-16)13-9-15(3-5-17-13)4-6-18-13/h1-2,7-8H,3-6,9H2/q-1. The van der Waals surface area contributed by atoms with Crippen molar-refractivity contribution in [2.45, 2.75) is 0 Å². The average molecular weight is 250 g/mol. The Hall–Kier alpha value is -1.24.